The molecule has 0 aliphatic carbocycles. The van der Waals surface area contributed by atoms with Gasteiger partial charge < -0.3 is 10.2 Å². The van der Waals surface area contributed by atoms with Crippen LogP contribution in [0.5, 0.6) is 0 Å². The molecule has 0 saturated heterocycles. The van der Waals surface area contributed by atoms with Crippen LogP contribution in [0.2, 0.25) is 0 Å². The molecule has 0 heterocycles. The van der Waals surface area contributed by atoms with Crippen molar-refractivity contribution in [1.82, 2.24) is 0 Å². The molecule has 0 rings (SSSR count). The standard InChI is InChI=1S/C3H5Cl.C2H6O2/c1-2-3-4;3-1-2-4/h2-3H,1H3;3-4H,1-2H2/b3-2+;. The Kier molecular flexibility index (Phi) is 21.4. The van der Waals surface area contributed by atoms with Crippen LogP contribution in [0.1, 0.15) is 6.92 Å². The van der Waals surface area contributed by atoms with Crippen molar-refractivity contribution < 1.29 is 10.2 Å². The molecule has 0 aliphatic heterocycles. The van der Waals surface area contributed by atoms with Crippen molar-refractivity contribution in [3.05, 3.63) is 11.6 Å². The Morgan fingerprint density at radius 1 is 1.38 bits per heavy atom. The maximum absolute atomic E-state index is 7.62. The Balaban J connectivity index is 0. The normalized spacial score (nSPS) is 8.50. The minimum atomic E-state index is -0.125. The molecule has 0 aromatic carbocycles. The first-order valence-electron chi connectivity index (χ1n) is 2.26. The zero-order valence-electron chi connectivity index (χ0n) is 4.84. The van der Waals surface area contributed by atoms with Gasteiger partial charge >= 0.3 is 0 Å². The number of allylic oxidation sites excluding steroid dienone is 1. The van der Waals surface area contributed by atoms with E-state index in [1.54, 1.807) is 6.08 Å². The van der Waals surface area contributed by atoms with E-state index in [1.807, 2.05) is 6.92 Å². The molecule has 0 aromatic heterocycles. The lowest BCUT2D eigenvalue weighted by molar-refractivity contribution is 0.186. The number of aliphatic hydroxyl groups is 2. The zero-order chi connectivity index (χ0) is 6.83. The first-order chi connectivity index (χ1) is 3.83. The highest BCUT2D eigenvalue weighted by atomic mass is 35.5. The summed E-state index contributed by atoms with van der Waals surface area (Å²) in [6.45, 7) is 1.62. The number of aliphatic hydroxyl groups excluding tert-OH is 2. The van der Waals surface area contributed by atoms with Crippen LogP contribution in [-0.4, -0.2) is 23.4 Å². The summed E-state index contributed by atoms with van der Waals surface area (Å²) in [4.78, 5) is 0. The topological polar surface area (TPSA) is 40.5 Å². The molecular formula is C5H11ClO2. The van der Waals surface area contributed by atoms with Gasteiger partial charge in [0.15, 0.2) is 0 Å². The minimum absolute atomic E-state index is 0.125. The molecule has 2 N–H and O–H groups in total. The molecule has 3 heteroatoms. The van der Waals surface area contributed by atoms with E-state index in [1.165, 1.54) is 5.54 Å². The van der Waals surface area contributed by atoms with Gasteiger partial charge in [0.1, 0.15) is 0 Å². The average molecular weight is 139 g/mol. The lowest BCUT2D eigenvalue weighted by Crippen LogP contribution is -1.85. The summed E-state index contributed by atoms with van der Waals surface area (Å²) >= 11 is 5.01. The lowest BCUT2D eigenvalue weighted by Gasteiger charge is -1.70. The van der Waals surface area contributed by atoms with Crippen molar-refractivity contribution in [2.45, 2.75) is 6.92 Å². The molecular weight excluding hydrogens is 128 g/mol. The fraction of sp³-hybridized carbons (Fsp3) is 0.600. The summed E-state index contributed by atoms with van der Waals surface area (Å²) in [5.74, 6) is 0. The molecule has 0 saturated carbocycles. The number of hydrogen-bond acceptors (Lipinski definition) is 2. The lowest BCUT2D eigenvalue weighted by atomic mass is 10.8. The van der Waals surface area contributed by atoms with Crippen LogP contribution in [0, 0.1) is 0 Å². The van der Waals surface area contributed by atoms with Crippen molar-refractivity contribution >= 4 is 11.6 Å². The molecule has 8 heavy (non-hydrogen) atoms. The molecule has 0 spiro atoms. The Hall–Kier alpha value is -0.0500. The Bertz CT molecular complexity index is 39.7. The zero-order valence-corrected chi connectivity index (χ0v) is 5.60. The molecule has 0 amide bonds. The van der Waals surface area contributed by atoms with Gasteiger partial charge in [-0.3, -0.25) is 0 Å². The second-order valence-electron chi connectivity index (χ2n) is 0.907. The highest BCUT2D eigenvalue weighted by molar-refractivity contribution is 6.25. The largest absolute Gasteiger partial charge is 0.394 e. The van der Waals surface area contributed by atoms with E-state index < -0.39 is 0 Å². The van der Waals surface area contributed by atoms with Gasteiger partial charge in [-0.05, 0) is 12.5 Å². The number of rotatable bonds is 1. The third-order valence-corrected chi connectivity index (χ3v) is 0.478. The fourth-order valence-corrected chi connectivity index (χ4v) is 0. The van der Waals surface area contributed by atoms with Crippen molar-refractivity contribution in [2.75, 3.05) is 13.2 Å². The van der Waals surface area contributed by atoms with E-state index in [9.17, 15) is 0 Å². The first-order valence-corrected chi connectivity index (χ1v) is 2.70. The summed E-state index contributed by atoms with van der Waals surface area (Å²) in [6.07, 6.45) is 1.77. The summed E-state index contributed by atoms with van der Waals surface area (Å²) in [5, 5.41) is 15.2. The average Bonchev–Trinajstić information content (AvgIpc) is 1.88. The number of hydrogen-bond donors (Lipinski definition) is 2. The van der Waals surface area contributed by atoms with Gasteiger partial charge in [-0.2, -0.15) is 0 Å². The summed E-state index contributed by atoms with van der Waals surface area (Å²) in [6, 6.07) is 0. The maximum Gasteiger partial charge on any atom is 0.0662 e. The van der Waals surface area contributed by atoms with Crippen molar-refractivity contribution in [1.29, 1.82) is 0 Å². The third kappa shape index (κ3) is 38.3. The van der Waals surface area contributed by atoms with Gasteiger partial charge in [-0.25, -0.2) is 0 Å². The van der Waals surface area contributed by atoms with E-state index in [-0.39, 0.29) is 13.2 Å². The molecule has 0 bridgehead atoms. The highest BCUT2D eigenvalue weighted by Crippen LogP contribution is 1.70. The molecule has 0 radical (unpaired) electrons. The second-order valence-corrected chi connectivity index (χ2v) is 1.16. The van der Waals surface area contributed by atoms with Gasteiger partial charge in [0.05, 0.1) is 13.2 Å². The molecule has 0 atom stereocenters. The first kappa shape index (κ1) is 10.8. The predicted molar refractivity (Wildman–Crippen MR) is 34.8 cm³/mol. The SMILES string of the molecule is C/C=C/Cl.OCCO. The molecule has 2 nitrogen and oxygen atoms in total. The van der Waals surface area contributed by atoms with E-state index in [0.717, 1.165) is 0 Å². The maximum atomic E-state index is 7.62. The van der Waals surface area contributed by atoms with Gasteiger partial charge in [0, 0.05) is 0 Å². The Morgan fingerprint density at radius 2 is 1.62 bits per heavy atom. The van der Waals surface area contributed by atoms with Gasteiger partial charge in [-0.15, -0.1) is 0 Å². The van der Waals surface area contributed by atoms with Crippen molar-refractivity contribution in [3.8, 4) is 0 Å². The van der Waals surface area contributed by atoms with E-state index in [4.69, 9.17) is 21.8 Å². The Labute approximate surface area is 54.4 Å². The molecule has 50 valence electrons. The fourth-order valence-electron chi connectivity index (χ4n) is 0. The highest BCUT2D eigenvalue weighted by Gasteiger charge is 1.58. The van der Waals surface area contributed by atoms with Crippen molar-refractivity contribution in [3.63, 3.8) is 0 Å². The van der Waals surface area contributed by atoms with Gasteiger partial charge in [0.25, 0.3) is 0 Å². The van der Waals surface area contributed by atoms with Crippen LogP contribution in [0.15, 0.2) is 11.6 Å². The molecule has 0 aromatic rings. The number of halogens is 1. The molecule has 0 unspecified atom stereocenters. The molecule has 0 fully saturated rings. The monoisotopic (exact) mass is 138 g/mol. The summed E-state index contributed by atoms with van der Waals surface area (Å²) < 4.78 is 0. The van der Waals surface area contributed by atoms with Crippen LogP contribution in [0.3, 0.4) is 0 Å². The second kappa shape index (κ2) is 15.8. The third-order valence-electron chi connectivity index (χ3n) is 0.226. The summed E-state index contributed by atoms with van der Waals surface area (Å²) in [7, 11) is 0. The van der Waals surface area contributed by atoms with Crippen LogP contribution in [-0.2, 0) is 0 Å². The van der Waals surface area contributed by atoms with E-state index in [0.29, 0.717) is 0 Å². The molecule has 0 aliphatic rings. The minimum Gasteiger partial charge on any atom is -0.394 e. The van der Waals surface area contributed by atoms with Gasteiger partial charge in [0.2, 0.25) is 0 Å². The van der Waals surface area contributed by atoms with Crippen LogP contribution in [0.4, 0.5) is 0 Å². The van der Waals surface area contributed by atoms with E-state index >= 15 is 0 Å². The van der Waals surface area contributed by atoms with Crippen molar-refractivity contribution in [2.24, 2.45) is 0 Å². The quantitative estimate of drug-likeness (QED) is 0.561. The van der Waals surface area contributed by atoms with Crippen LogP contribution >= 0.6 is 11.6 Å². The van der Waals surface area contributed by atoms with E-state index in [2.05, 4.69) is 0 Å². The van der Waals surface area contributed by atoms with Gasteiger partial charge in [-0.1, -0.05) is 17.7 Å². The Morgan fingerprint density at radius 3 is 1.62 bits per heavy atom. The smallest absolute Gasteiger partial charge is 0.0662 e. The van der Waals surface area contributed by atoms with Crippen LogP contribution in [0.25, 0.3) is 0 Å². The summed E-state index contributed by atoms with van der Waals surface area (Å²) in [5.41, 5.74) is 1.47. The van der Waals surface area contributed by atoms with Crippen LogP contribution < -0.4 is 0 Å². The predicted octanol–water partition coefficient (Wildman–Crippen LogP) is 0.730.